The fourth-order valence-electron chi connectivity index (χ4n) is 4.37. The van der Waals surface area contributed by atoms with Crippen LogP contribution in [0.25, 0.3) is 5.65 Å². The zero-order valence-electron chi connectivity index (χ0n) is 16.0. The number of hydrogen-bond donors (Lipinski definition) is 2. The highest BCUT2D eigenvalue weighted by atomic mass is 19.4. The number of carbonyl (C=O) groups is 1. The minimum Gasteiger partial charge on any atom is -0.355 e. The van der Waals surface area contributed by atoms with E-state index in [1.54, 1.807) is 12.3 Å². The topological polar surface area (TPSA) is 85.3 Å². The van der Waals surface area contributed by atoms with Gasteiger partial charge in [-0.25, -0.2) is 18.3 Å². The van der Waals surface area contributed by atoms with Crippen LogP contribution >= 0.6 is 0 Å². The molecule has 2 fully saturated rings. The quantitative estimate of drug-likeness (QED) is 0.729. The summed E-state index contributed by atoms with van der Waals surface area (Å²) < 4.78 is 67.7. The average molecular weight is 431 g/mol. The third kappa shape index (κ3) is 4.12. The SMILES string of the molecule is N[C@H](c1cn2ncc(CC3C(=O)NCC3C(F)(F)F)cc2n1)C1CCC(F)(F)CC1. The van der Waals surface area contributed by atoms with Crippen molar-refractivity contribution in [2.75, 3.05) is 6.54 Å². The predicted molar refractivity (Wildman–Crippen MR) is 96.6 cm³/mol. The van der Waals surface area contributed by atoms with E-state index in [9.17, 15) is 26.7 Å². The fourth-order valence-corrected chi connectivity index (χ4v) is 4.37. The number of alkyl halides is 5. The van der Waals surface area contributed by atoms with E-state index in [2.05, 4.69) is 15.4 Å². The van der Waals surface area contributed by atoms with E-state index >= 15 is 0 Å². The molecule has 3 heterocycles. The molecule has 11 heteroatoms. The molecule has 1 amide bonds. The molecule has 1 saturated carbocycles. The summed E-state index contributed by atoms with van der Waals surface area (Å²) in [6.07, 6.45) is -1.36. The predicted octanol–water partition coefficient (Wildman–Crippen LogP) is 3.02. The molecule has 2 aromatic heterocycles. The highest BCUT2D eigenvalue weighted by molar-refractivity contribution is 5.81. The largest absolute Gasteiger partial charge is 0.394 e. The van der Waals surface area contributed by atoms with Gasteiger partial charge in [-0.3, -0.25) is 4.79 Å². The Kier molecular flexibility index (Phi) is 5.19. The Labute approximate surface area is 169 Å². The third-order valence-corrected chi connectivity index (χ3v) is 6.20. The summed E-state index contributed by atoms with van der Waals surface area (Å²) in [6, 6.07) is 1.05. The van der Waals surface area contributed by atoms with E-state index in [0.29, 0.717) is 29.7 Å². The molecule has 1 aliphatic carbocycles. The molecule has 3 N–H and O–H groups in total. The Morgan fingerprint density at radius 3 is 2.67 bits per heavy atom. The highest BCUT2D eigenvalue weighted by Crippen LogP contribution is 2.40. The van der Waals surface area contributed by atoms with Crippen molar-refractivity contribution in [2.45, 2.75) is 50.2 Å². The van der Waals surface area contributed by atoms with Crippen LogP contribution in [0.2, 0.25) is 0 Å². The van der Waals surface area contributed by atoms with Crippen LogP contribution in [0.1, 0.15) is 43.0 Å². The first-order valence-corrected chi connectivity index (χ1v) is 9.85. The number of nitrogens with one attached hydrogen (secondary N) is 1. The maximum Gasteiger partial charge on any atom is 0.394 e. The third-order valence-electron chi connectivity index (χ3n) is 6.20. The van der Waals surface area contributed by atoms with Gasteiger partial charge >= 0.3 is 6.18 Å². The number of nitrogens with two attached hydrogens (primary N) is 1. The molecule has 30 heavy (non-hydrogen) atoms. The summed E-state index contributed by atoms with van der Waals surface area (Å²) in [5.74, 6) is -6.35. The van der Waals surface area contributed by atoms with E-state index in [0.717, 1.165) is 0 Å². The number of nitrogens with zero attached hydrogens (tertiary/aromatic N) is 3. The minimum atomic E-state index is -4.47. The molecule has 0 bridgehead atoms. The normalized spacial score (nSPS) is 26.1. The monoisotopic (exact) mass is 431 g/mol. The van der Waals surface area contributed by atoms with E-state index in [1.165, 1.54) is 10.7 Å². The zero-order chi connectivity index (χ0) is 21.7. The van der Waals surface area contributed by atoms with Gasteiger partial charge in [0.2, 0.25) is 11.8 Å². The van der Waals surface area contributed by atoms with Crippen molar-refractivity contribution in [3.63, 3.8) is 0 Å². The fraction of sp³-hybridized carbons (Fsp3) is 0.632. The Balaban J connectivity index is 1.51. The molecule has 2 aliphatic rings. The number of imidazole rings is 1. The van der Waals surface area contributed by atoms with Crippen molar-refractivity contribution in [1.82, 2.24) is 19.9 Å². The van der Waals surface area contributed by atoms with E-state index in [-0.39, 0.29) is 25.2 Å². The van der Waals surface area contributed by atoms with Crippen LogP contribution in [0, 0.1) is 17.8 Å². The Hall–Kier alpha value is -2.30. The number of amides is 1. The van der Waals surface area contributed by atoms with Crippen molar-refractivity contribution in [3.05, 3.63) is 29.7 Å². The minimum absolute atomic E-state index is 0.106. The van der Waals surface area contributed by atoms with Gasteiger partial charge in [0, 0.05) is 19.4 Å². The number of aromatic nitrogens is 3. The van der Waals surface area contributed by atoms with Gasteiger partial charge in [-0.05, 0) is 36.8 Å². The molecule has 1 saturated heterocycles. The van der Waals surface area contributed by atoms with Crippen molar-refractivity contribution in [1.29, 1.82) is 0 Å². The molecule has 4 rings (SSSR count). The molecular formula is C19H22F5N5O. The van der Waals surface area contributed by atoms with E-state index < -0.39 is 42.4 Å². The van der Waals surface area contributed by atoms with Gasteiger partial charge in [-0.1, -0.05) is 0 Å². The second-order valence-corrected chi connectivity index (χ2v) is 8.26. The molecule has 3 atom stereocenters. The summed E-state index contributed by atoms with van der Waals surface area (Å²) in [5.41, 5.74) is 7.60. The van der Waals surface area contributed by atoms with Crippen LogP contribution < -0.4 is 11.1 Å². The summed E-state index contributed by atoms with van der Waals surface area (Å²) >= 11 is 0. The molecular weight excluding hydrogens is 409 g/mol. The van der Waals surface area contributed by atoms with Crippen molar-refractivity contribution < 1.29 is 26.7 Å². The number of halogens is 5. The molecule has 0 spiro atoms. The van der Waals surface area contributed by atoms with E-state index in [4.69, 9.17) is 5.73 Å². The summed E-state index contributed by atoms with van der Waals surface area (Å²) in [7, 11) is 0. The number of rotatable bonds is 4. The molecule has 1 aliphatic heterocycles. The maximum atomic E-state index is 13.4. The van der Waals surface area contributed by atoms with Crippen LogP contribution in [0.5, 0.6) is 0 Å². The molecule has 0 aromatic carbocycles. The lowest BCUT2D eigenvalue weighted by molar-refractivity contribution is -0.180. The van der Waals surface area contributed by atoms with Crippen LogP contribution in [0.15, 0.2) is 18.5 Å². The van der Waals surface area contributed by atoms with E-state index in [1.807, 2.05) is 0 Å². The molecule has 164 valence electrons. The van der Waals surface area contributed by atoms with Crippen LogP contribution in [0.3, 0.4) is 0 Å². The van der Waals surface area contributed by atoms with Crippen LogP contribution in [-0.2, 0) is 11.2 Å². The van der Waals surface area contributed by atoms with Gasteiger partial charge in [0.1, 0.15) is 0 Å². The first kappa shape index (κ1) is 21.0. The average Bonchev–Trinajstić information content (AvgIpc) is 3.24. The van der Waals surface area contributed by atoms with Crippen molar-refractivity contribution in [3.8, 4) is 0 Å². The van der Waals surface area contributed by atoms with Crippen LogP contribution in [0.4, 0.5) is 22.0 Å². The van der Waals surface area contributed by atoms with Crippen molar-refractivity contribution in [2.24, 2.45) is 23.5 Å². The summed E-state index contributed by atoms with van der Waals surface area (Å²) in [6.45, 7) is -0.425. The van der Waals surface area contributed by atoms with Crippen LogP contribution in [-0.4, -0.2) is 39.1 Å². The maximum absolute atomic E-state index is 13.4. The molecule has 2 unspecified atom stereocenters. The van der Waals surface area contributed by atoms with Gasteiger partial charge in [0.15, 0.2) is 5.65 Å². The Bertz CT molecular complexity index is 933. The summed E-state index contributed by atoms with van der Waals surface area (Å²) in [4.78, 5) is 16.3. The van der Waals surface area contributed by atoms with Gasteiger partial charge in [0.05, 0.1) is 36.0 Å². The van der Waals surface area contributed by atoms with Gasteiger partial charge in [-0.15, -0.1) is 0 Å². The smallest absolute Gasteiger partial charge is 0.355 e. The van der Waals surface area contributed by atoms with Gasteiger partial charge in [-0.2, -0.15) is 18.3 Å². The summed E-state index contributed by atoms with van der Waals surface area (Å²) in [5, 5.41) is 6.45. The van der Waals surface area contributed by atoms with Crippen molar-refractivity contribution >= 4 is 11.6 Å². The molecule has 2 aromatic rings. The Morgan fingerprint density at radius 2 is 2.00 bits per heavy atom. The first-order valence-electron chi connectivity index (χ1n) is 9.85. The number of fused-ring (bicyclic) bond motifs is 1. The number of hydrogen-bond acceptors (Lipinski definition) is 4. The second-order valence-electron chi connectivity index (χ2n) is 8.26. The lowest BCUT2D eigenvalue weighted by atomic mass is 9.81. The first-order chi connectivity index (χ1) is 14.0. The molecule has 6 nitrogen and oxygen atoms in total. The zero-order valence-corrected chi connectivity index (χ0v) is 16.0. The lowest BCUT2D eigenvalue weighted by Crippen LogP contribution is -2.31. The van der Waals surface area contributed by atoms with Gasteiger partial charge < -0.3 is 11.1 Å². The highest BCUT2D eigenvalue weighted by Gasteiger charge is 2.50. The lowest BCUT2D eigenvalue weighted by Gasteiger charge is -2.31. The number of carbonyl (C=O) groups excluding carboxylic acids is 1. The Morgan fingerprint density at radius 1 is 1.30 bits per heavy atom. The second kappa shape index (κ2) is 7.44. The van der Waals surface area contributed by atoms with Gasteiger partial charge in [0.25, 0.3) is 0 Å². The standard InChI is InChI=1S/C19H22F5N5O/c20-18(21)3-1-11(2-4-18)16(25)14-9-29-15(28-14)6-10(7-27-29)5-12-13(19(22,23)24)8-26-17(12)30/h6-7,9,11-13,16H,1-5,8,25H2,(H,26,30)/t12?,13?,16-/m0/s1. The molecule has 0 radical (unpaired) electrons.